The van der Waals surface area contributed by atoms with Crippen LogP contribution in [0.4, 0.5) is 0 Å². The van der Waals surface area contributed by atoms with Crippen LogP contribution in [0.25, 0.3) is 11.0 Å². The number of benzene rings is 1. The molecular weight excluding hydrogens is 390 g/mol. The Hall–Kier alpha value is -2.00. The zero-order valence-electron chi connectivity index (χ0n) is 17.5. The predicted molar refractivity (Wildman–Crippen MR) is 112 cm³/mol. The first-order valence-corrected chi connectivity index (χ1v) is 11.9. The van der Waals surface area contributed by atoms with E-state index in [9.17, 15) is 13.2 Å². The van der Waals surface area contributed by atoms with Crippen molar-refractivity contribution in [3.63, 3.8) is 0 Å². The number of amides is 1. The third-order valence-corrected chi connectivity index (χ3v) is 7.20. The van der Waals surface area contributed by atoms with Gasteiger partial charge in [0.1, 0.15) is 5.52 Å². The summed E-state index contributed by atoms with van der Waals surface area (Å²) in [5.41, 5.74) is 1.39. The van der Waals surface area contributed by atoms with Crippen LogP contribution in [0.2, 0.25) is 0 Å². The molecule has 1 amide bonds. The number of fused-ring (bicyclic) bond motifs is 1. The minimum atomic E-state index is -3.68. The molecule has 1 saturated heterocycles. The van der Waals surface area contributed by atoms with Gasteiger partial charge in [0.25, 0.3) is 0 Å². The second-order valence-corrected chi connectivity index (χ2v) is 10.1. The molecule has 3 rings (SSSR count). The van der Waals surface area contributed by atoms with Gasteiger partial charge in [0.05, 0.1) is 16.3 Å². The van der Waals surface area contributed by atoms with Crippen molar-refractivity contribution in [3.05, 3.63) is 18.2 Å². The van der Waals surface area contributed by atoms with Gasteiger partial charge in [-0.2, -0.15) is 4.31 Å². The van der Waals surface area contributed by atoms with Crippen LogP contribution in [0.3, 0.4) is 0 Å². The highest BCUT2D eigenvalue weighted by Gasteiger charge is 2.33. The molecule has 160 valence electrons. The Morgan fingerprint density at radius 1 is 1.34 bits per heavy atom. The molecule has 1 aromatic heterocycles. The van der Waals surface area contributed by atoms with Gasteiger partial charge in [-0.15, -0.1) is 5.10 Å². The van der Waals surface area contributed by atoms with Crippen LogP contribution in [0.15, 0.2) is 23.1 Å². The molecule has 1 atom stereocenters. The van der Waals surface area contributed by atoms with Crippen molar-refractivity contribution in [3.8, 4) is 0 Å². The molecule has 0 spiro atoms. The number of aromatic nitrogens is 3. The van der Waals surface area contributed by atoms with Crippen molar-refractivity contribution in [2.24, 2.45) is 11.8 Å². The summed E-state index contributed by atoms with van der Waals surface area (Å²) in [5.74, 6) is 0.159. The standard InChI is InChI=1S/C20H31N5O3S/c1-4-11-25-19-8-7-17(13-18(19)22-23-25)29(27,28)24-12-5-6-16(14-24)20(26)21-10-9-15(2)3/h7-8,13,15-16H,4-6,9-12,14H2,1-3H3,(H,21,26). The second kappa shape index (κ2) is 9.21. The van der Waals surface area contributed by atoms with Crippen molar-refractivity contribution in [1.82, 2.24) is 24.6 Å². The van der Waals surface area contributed by atoms with E-state index in [-0.39, 0.29) is 23.3 Å². The van der Waals surface area contributed by atoms with Crippen molar-refractivity contribution in [2.75, 3.05) is 19.6 Å². The number of hydrogen-bond acceptors (Lipinski definition) is 5. The smallest absolute Gasteiger partial charge is 0.243 e. The zero-order chi connectivity index (χ0) is 21.0. The van der Waals surface area contributed by atoms with Crippen molar-refractivity contribution >= 4 is 27.0 Å². The quantitative estimate of drug-likeness (QED) is 0.706. The van der Waals surface area contributed by atoms with E-state index >= 15 is 0 Å². The molecule has 1 aliphatic rings. The largest absolute Gasteiger partial charge is 0.356 e. The normalized spacial score (nSPS) is 18.4. The molecular formula is C20H31N5O3S. The number of nitrogens with zero attached hydrogens (tertiary/aromatic N) is 4. The highest BCUT2D eigenvalue weighted by atomic mass is 32.2. The summed E-state index contributed by atoms with van der Waals surface area (Å²) < 4.78 is 29.6. The predicted octanol–water partition coefficient (Wildman–Crippen LogP) is 2.40. The molecule has 1 aromatic carbocycles. The van der Waals surface area contributed by atoms with E-state index in [1.807, 2.05) is 0 Å². The fourth-order valence-corrected chi connectivity index (χ4v) is 5.19. The lowest BCUT2D eigenvalue weighted by molar-refractivity contribution is -0.126. The number of carbonyl (C=O) groups excluding carboxylic acids is 1. The van der Waals surface area contributed by atoms with E-state index in [1.54, 1.807) is 22.9 Å². The van der Waals surface area contributed by atoms with Crippen LogP contribution < -0.4 is 5.32 Å². The van der Waals surface area contributed by atoms with Crippen molar-refractivity contribution in [1.29, 1.82) is 0 Å². The third-order valence-electron chi connectivity index (χ3n) is 5.33. The fraction of sp³-hybridized carbons (Fsp3) is 0.650. The number of sulfonamides is 1. The van der Waals surface area contributed by atoms with Gasteiger partial charge < -0.3 is 5.32 Å². The second-order valence-electron chi connectivity index (χ2n) is 8.14. The minimum Gasteiger partial charge on any atom is -0.356 e. The lowest BCUT2D eigenvalue weighted by Gasteiger charge is -2.31. The Labute approximate surface area is 172 Å². The Morgan fingerprint density at radius 2 is 2.14 bits per heavy atom. The van der Waals surface area contributed by atoms with Gasteiger partial charge in [-0.3, -0.25) is 4.79 Å². The molecule has 0 saturated carbocycles. The first-order valence-electron chi connectivity index (χ1n) is 10.4. The maximum absolute atomic E-state index is 13.2. The SMILES string of the molecule is CCCn1nnc2cc(S(=O)(=O)N3CCCC(C(=O)NCCC(C)C)C3)ccc21. The zero-order valence-corrected chi connectivity index (χ0v) is 18.3. The highest BCUT2D eigenvalue weighted by molar-refractivity contribution is 7.89. The van der Waals surface area contributed by atoms with Crippen molar-refractivity contribution in [2.45, 2.75) is 57.9 Å². The molecule has 0 radical (unpaired) electrons. The van der Waals surface area contributed by atoms with Gasteiger partial charge in [-0.1, -0.05) is 26.0 Å². The van der Waals surface area contributed by atoms with E-state index in [1.165, 1.54) is 4.31 Å². The minimum absolute atomic E-state index is 0.0523. The van der Waals surface area contributed by atoms with Crippen LogP contribution >= 0.6 is 0 Å². The number of piperidine rings is 1. The molecule has 8 nitrogen and oxygen atoms in total. The lowest BCUT2D eigenvalue weighted by Crippen LogP contribution is -2.45. The Balaban J connectivity index is 1.73. The van der Waals surface area contributed by atoms with Crippen LogP contribution in [-0.2, 0) is 21.4 Å². The van der Waals surface area contributed by atoms with E-state index in [0.29, 0.717) is 37.4 Å². The maximum Gasteiger partial charge on any atom is 0.243 e. The molecule has 1 aliphatic heterocycles. The van der Waals surface area contributed by atoms with Crippen molar-refractivity contribution < 1.29 is 13.2 Å². The average Bonchev–Trinajstić information content (AvgIpc) is 3.10. The molecule has 2 heterocycles. The molecule has 1 fully saturated rings. The highest BCUT2D eigenvalue weighted by Crippen LogP contribution is 2.26. The summed E-state index contributed by atoms with van der Waals surface area (Å²) in [6, 6.07) is 4.95. The third kappa shape index (κ3) is 4.95. The van der Waals surface area contributed by atoms with E-state index in [4.69, 9.17) is 0 Å². The number of hydrogen-bond donors (Lipinski definition) is 1. The molecule has 9 heteroatoms. The van der Waals surface area contributed by atoms with Crippen LogP contribution in [-0.4, -0.2) is 53.3 Å². The summed E-state index contributed by atoms with van der Waals surface area (Å²) in [4.78, 5) is 12.7. The Bertz CT molecular complexity index is 954. The van der Waals surface area contributed by atoms with Crippen LogP contribution in [0, 0.1) is 11.8 Å². The molecule has 29 heavy (non-hydrogen) atoms. The van der Waals surface area contributed by atoms with Gasteiger partial charge in [-0.05, 0) is 49.8 Å². The summed E-state index contributed by atoms with van der Waals surface area (Å²) in [7, 11) is -3.68. The van der Waals surface area contributed by atoms with Gasteiger partial charge in [0.2, 0.25) is 15.9 Å². The van der Waals surface area contributed by atoms with E-state index in [2.05, 4.69) is 36.4 Å². The molecule has 1 N–H and O–H groups in total. The molecule has 0 bridgehead atoms. The Kier molecular flexibility index (Phi) is 6.89. The maximum atomic E-state index is 13.2. The first kappa shape index (κ1) is 21.7. The van der Waals surface area contributed by atoms with E-state index in [0.717, 1.165) is 24.9 Å². The molecule has 2 aromatic rings. The fourth-order valence-electron chi connectivity index (χ4n) is 3.64. The summed E-state index contributed by atoms with van der Waals surface area (Å²) in [5, 5.41) is 11.2. The van der Waals surface area contributed by atoms with Crippen LogP contribution in [0.1, 0.15) is 46.5 Å². The van der Waals surface area contributed by atoms with E-state index < -0.39 is 10.0 Å². The lowest BCUT2D eigenvalue weighted by atomic mass is 9.98. The van der Waals surface area contributed by atoms with Crippen LogP contribution in [0.5, 0.6) is 0 Å². The number of aryl methyl sites for hydroxylation is 1. The molecule has 0 aliphatic carbocycles. The summed E-state index contributed by atoms with van der Waals surface area (Å²) in [6.45, 7) is 8.29. The van der Waals surface area contributed by atoms with Gasteiger partial charge >= 0.3 is 0 Å². The first-order chi connectivity index (χ1) is 13.8. The van der Waals surface area contributed by atoms with Gasteiger partial charge in [-0.25, -0.2) is 13.1 Å². The summed E-state index contributed by atoms with van der Waals surface area (Å²) in [6.07, 6.45) is 3.23. The monoisotopic (exact) mass is 421 g/mol. The topological polar surface area (TPSA) is 97.2 Å². The Morgan fingerprint density at radius 3 is 2.86 bits per heavy atom. The van der Waals surface area contributed by atoms with Gasteiger partial charge in [0.15, 0.2) is 0 Å². The summed E-state index contributed by atoms with van der Waals surface area (Å²) >= 11 is 0. The van der Waals surface area contributed by atoms with Gasteiger partial charge in [0, 0.05) is 26.2 Å². The average molecular weight is 422 g/mol. The number of rotatable bonds is 8. The number of carbonyl (C=O) groups is 1. The molecule has 1 unspecified atom stereocenters. The number of nitrogens with one attached hydrogen (secondary N) is 1.